The Hall–Kier alpha value is -1.51. The molecule has 0 bridgehead atoms. The van der Waals surface area contributed by atoms with Crippen molar-refractivity contribution in [1.82, 2.24) is 5.32 Å². The normalized spacial score (nSPS) is 18.8. The van der Waals surface area contributed by atoms with Crippen molar-refractivity contribution in [2.75, 3.05) is 24.5 Å². The van der Waals surface area contributed by atoms with Gasteiger partial charge in [0.25, 0.3) is 0 Å². The molecule has 2 nitrogen and oxygen atoms in total. The highest BCUT2D eigenvalue weighted by molar-refractivity contribution is 6.30. The van der Waals surface area contributed by atoms with Gasteiger partial charge in [-0.05, 0) is 36.6 Å². The summed E-state index contributed by atoms with van der Waals surface area (Å²) in [7, 11) is 0. The summed E-state index contributed by atoms with van der Waals surface area (Å²) < 4.78 is 0. The molecular formula is C18H21ClN2. The van der Waals surface area contributed by atoms with Crippen LogP contribution < -0.4 is 10.2 Å². The summed E-state index contributed by atoms with van der Waals surface area (Å²) in [6.45, 7) is 5.23. The number of halogens is 1. The van der Waals surface area contributed by atoms with Crippen LogP contribution in [0.25, 0.3) is 0 Å². The zero-order chi connectivity index (χ0) is 14.7. The lowest BCUT2D eigenvalue weighted by molar-refractivity contribution is 0.454. The molecule has 21 heavy (non-hydrogen) atoms. The minimum atomic E-state index is 0.486. The summed E-state index contributed by atoms with van der Waals surface area (Å²) in [6, 6.07) is 17.3. The first-order valence-electron chi connectivity index (χ1n) is 7.51. The molecule has 0 saturated carbocycles. The molecule has 2 aromatic carbocycles. The van der Waals surface area contributed by atoms with Crippen molar-refractivity contribution < 1.29 is 0 Å². The fourth-order valence-corrected chi connectivity index (χ4v) is 3.17. The summed E-state index contributed by atoms with van der Waals surface area (Å²) in [5, 5.41) is 4.44. The SMILES string of the molecule is Cc1ccc(Cl)cc1N1CCNC(Cc2ccccc2)C1. The maximum atomic E-state index is 6.16. The number of benzene rings is 2. The lowest BCUT2D eigenvalue weighted by Gasteiger charge is -2.36. The van der Waals surface area contributed by atoms with Crippen LogP contribution in [0.5, 0.6) is 0 Å². The smallest absolute Gasteiger partial charge is 0.0426 e. The molecule has 3 rings (SSSR count). The molecule has 0 amide bonds. The van der Waals surface area contributed by atoms with E-state index in [1.165, 1.54) is 16.8 Å². The first kappa shape index (κ1) is 14.4. The Kier molecular flexibility index (Phi) is 4.47. The molecule has 0 aliphatic carbocycles. The molecule has 1 aliphatic heterocycles. The van der Waals surface area contributed by atoms with Crippen LogP contribution in [0.2, 0.25) is 5.02 Å². The number of aryl methyl sites for hydroxylation is 1. The molecule has 0 aromatic heterocycles. The van der Waals surface area contributed by atoms with E-state index in [9.17, 15) is 0 Å². The first-order chi connectivity index (χ1) is 10.2. The topological polar surface area (TPSA) is 15.3 Å². The third-order valence-electron chi connectivity index (χ3n) is 4.09. The second-order valence-electron chi connectivity index (χ2n) is 5.72. The molecular weight excluding hydrogens is 280 g/mol. The number of nitrogens with zero attached hydrogens (tertiary/aromatic N) is 1. The molecule has 1 heterocycles. The van der Waals surface area contributed by atoms with E-state index in [1.54, 1.807) is 0 Å². The van der Waals surface area contributed by atoms with Crippen molar-refractivity contribution in [3.63, 3.8) is 0 Å². The average Bonchev–Trinajstić information content (AvgIpc) is 2.51. The zero-order valence-electron chi connectivity index (χ0n) is 12.3. The van der Waals surface area contributed by atoms with Crippen LogP contribution >= 0.6 is 11.6 Å². The minimum Gasteiger partial charge on any atom is -0.368 e. The van der Waals surface area contributed by atoms with Crippen molar-refractivity contribution in [3.05, 3.63) is 64.7 Å². The Labute approximate surface area is 131 Å². The number of rotatable bonds is 3. The molecule has 1 unspecified atom stereocenters. The fraction of sp³-hybridized carbons (Fsp3) is 0.333. The maximum absolute atomic E-state index is 6.16. The average molecular weight is 301 g/mol. The molecule has 3 heteroatoms. The van der Waals surface area contributed by atoms with Gasteiger partial charge in [0.2, 0.25) is 0 Å². The van der Waals surface area contributed by atoms with E-state index < -0.39 is 0 Å². The van der Waals surface area contributed by atoms with E-state index in [2.05, 4.69) is 59.6 Å². The van der Waals surface area contributed by atoms with Crippen LogP contribution in [0, 0.1) is 6.92 Å². The highest BCUT2D eigenvalue weighted by Gasteiger charge is 2.20. The first-order valence-corrected chi connectivity index (χ1v) is 7.88. The van der Waals surface area contributed by atoms with Gasteiger partial charge < -0.3 is 10.2 Å². The van der Waals surface area contributed by atoms with Crippen molar-refractivity contribution in [3.8, 4) is 0 Å². The largest absolute Gasteiger partial charge is 0.368 e. The van der Waals surface area contributed by atoms with E-state index in [-0.39, 0.29) is 0 Å². The molecule has 0 spiro atoms. The van der Waals surface area contributed by atoms with Crippen LogP contribution in [0.1, 0.15) is 11.1 Å². The zero-order valence-corrected chi connectivity index (χ0v) is 13.1. The summed E-state index contributed by atoms with van der Waals surface area (Å²) >= 11 is 6.16. The van der Waals surface area contributed by atoms with Gasteiger partial charge in [0.1, 0.15) is 0 Å². The Morgan fingerprint density at radius 3 is 2.81 bits per heavy atom. The van der Waals surface area contributed by atoms with E-state index in [1.807, 2.05) is 6.07 Å². The van der Waals surface area contributed by atoms with Crippen molar-refractivity contribution >= 4 is 17.3 Å². The van der Waals surface area contributed by atoms with E-state index in [4.69, 9.17) is 11.6 Å². The van der Waals surface area contributed by atoms with Gasteiger partial charge in [-0.1, -0.05) is 48.0 Å². The third kappa shape index (κ3) is 3.58. The van der Waals surface area contributed by atoms with Crippen molar-refractivity contribution in [2.24, 2.45) is 0 Å². The van der Waals surface area contributed by atoms with Gasteiger partial charge in [-0.2, -0.15) is 0 Å². The molecule has 1 aliphatic rings. The molecule has 110 valence electrons. The monoisotopic (exact) mass is 300 g/mol. The second kappa shape index (κ2) is 6.50. The molecule has 1 fully saturated rings. The summed E-state index contributed by atoms with van der Waals surface area (Å²) in [5.41, 5.74) is 3.95. The number of hydrogen-bond acceptors (Lipinski definition) is 2. The Morgan fingerprint density at radius 2 is 2.00 bits per heavy atom. The standard InChI is InChI=1S/C18H21ClN2/c1-14-7-8-16(19)12-18(14)21-10-9-20-17(13-21)11-15-5-3-2-4-6-15/h2-8,12,17,20H,9-11,13H2,1H3. The Balaban J connectivity index is 1.72. The van der Waals surface area contributed by atoms with Crippen LogP contribution in [-0.2, 0) is 6.42 Å². The predicted molar refractivity (Wildman–Crippen MR) is 90.3 cm³/mol. The van der Waals surface area contributed by atoms with Gasteiger partial charge in [0.05, 0.1) is 0 Å². The Bertz CT molecular complexity index is 597. The fourth-order valence-electron chi connectivity index (χ4n) is 3.00. The van der Waals surface area contributed by atoms with Gasteiger partial charge in [-0.25, -0.2) is 0 Å². The lowest BCUT2D eigenvalue weighted by Crippen LogP contribution is -2.51. The van der Waals surface area contributed by atoms with E-state index in [0.29, 0.717) is 6.04 Å². The summed E-state index contributed by atoms with van der Waals surface area (Å²) in [4.78, 5) is 2.45. The second-order valence-corrected chi connectivity index (χ2v) is 6.15. The van der Waals surface area contributed by atoms with Gasteiger partial charge >= 0.3 is 0 Å². The van der Waals surface area contributed by atoms with Crippen LogP contribution in [-0.4, -0.2) is 25.7 Å². The van der Waals surface area contributed by atoms with Crippen LogP contribution in [0.4, 0.5) is 5.69 Å². The van der Waals surface area contributed by atoms with Crippen LogP contribution in [0.3, 0.4) is 0 Å². The van der Waals surface area contributed by atoms with Gasteiger partial charge in [-0.15, -0.1) is 0 Å². The molecule has 1 atom stereocenters. The van der Waals surface area contributed by atoms with Crippen LogP contribution in [0.15, 0.2) is 48.5 Å². The summed E-state index contributed by atoms with van der Waals surface area (Å²) in [6.07, 6.45) is 1.07. The highest BCUT2D eigenvalue weighted by Crippen LogP contribution is 2.25. The molecule has 1 saturated heterocycles. The quantitative estimate of drug-likeness (QED) is 0.930. The van der Waals surface area contributed by atoms with Gasteiger partial charge in [0.15, 0.2) is 0 Å². The lowest BCUT2D eigenvalue weighted by atomic mass is 10.0. The minimum absolute atomic E-state index is 0.486. The molecule has 1 N–H and O–H groups in total. The van der Waals surface area contributed by atoms with Crippen molar-refractivity contribution in [1.29, 1.82) is 0 Å². The van der Waals surface area contributed by atoms with E-state index in [0.717, 1.165) is 31.1 Å². The van der Waals surface area contributed by atoms with E-state index >= 15 is 0 Å². The predicted octanol–water partition coefficient (Wildman–Crippen LogP) is 3.67. The summed E-state index contributed by atoms with van der Waals surface area (Å²) in [5.74, 6) is 0. The van der Waals surface area contributed by atoms with Crippen molar-refractivity contribution in [2.45, 2.75) is 19.4 Å². The number of anilines is 1. The molecule has 0 radical (unpaired) electrons. The third-order valence-corrected chi connectivity index (χ3v) is 4.33. The Morgan fingerprint density at radius 1 is 1.19 bits per heavy atom. The molecule has 2 aromatic rings. The number of hydrogen-bond donors (Lipinski definition) is 1. The van der Waals surface area contributed by atoms with Gasteiger partial charge in [-0.3, -0.25) is 0 Å². The van der Waals surface area contributed by atoms with Gasteiger partial charge in [0, 0.05) is 36.4 Å². The highest BCUT2D eigenvalue weighted by atomic mass is 35.5. The number of piperazine rings is 1. The maximum Gasteiger partial charge on any atom is 0.0426 e. The number of nitrogens with one attached hydrogen (secondary N) is 1.